The fraction of sp³-hybridized carbons (Fsp3) is 0.444. The van der Waals surface area contributed by atoms with E-state index in [1.54, 1.807) is 6.92 Å². The zero-order valence-electron chi connectivity index (χ0n) is 26.9. The first-order valence-corrected chi connectivity index (χ1v) is 15.7. The summed E-state index contributed by atoms with van der Waals surface area (Å²) in [4.78, 5) is 46.4. The number of hydrogen-bond acceptors (Lipinski definition) is 8. The fourth-order valence-electron chi connectivity index (χ4n) is 7.58. The number of carbonyl (C=O) groups is 2. The second-order valence-electron chi connectivity index (χ2n) is 12.3. The minimum atomic E-state index is -0.723. The van der Waals surface area contributed by atoms with Gasteiger partial charge in [-0.25, -0.2) is 15.0 Å². The molecule has 8 bridgehead atoms. The molecule has 3 atom stereocenters. The standard InChI is InChI=1S/C36H40N4O4/c1-9-21-16(3)25-14-28-31(20(7)41)18(5)34(39-28)19(6)33-17(4)23(11-12-30(43)44-8)35(40-33)24-13-29(42)32-22(10-2)27(38-36(24)32)15-26(21)37-25/h14-15,17,20,23,41H,9-13H2,1-8H3. The molecule has 8 nitrogen and oxygen atoms in total. The third-order valence-corrected chi connectivity index (χ3v) is 9.87. The third kappa shape index (κ3) is 4.53. The van der Waals surface area contributed by atoms with Gasteiger partial charge in [0.2, 0.25) is 0 Å². The zero-order valence-corrected chi connectivity index (χ0v) is 26.9. The summed E-state index contributed by atoms with van der Waals surface area (Å²) < 4.78 is 4.98. The highest BCUT2D eigenvalue weighted by molar-refractivity contribution is 6.38. The highest BCUT2D eigenvalue weighted by atomic mass is 16.5. The van der Waals surface area contributed by atoms with Crippen molar-refractivity contribution in [3.05, 3.63) is 79.5 Å². The van der Waals surface area contributed by atoms with Gasteiger partial charge in [0, 0.05) is 47.1 Å². The Balaban J connectivity index is 1.66. The lowest BCUT2D eigenvalue weighted by molar-refractivity contribution is -0.140. The van der Waals surface area contributed by atoms with Crippen molar-refractivity contribution in [1.29, 1.82) is 0 Å². The molecule has 0 amide bonds. The van der Waals surface area contributed by atoms with E-state index in [4.69, 9.17) is 24.7 Å². The molecule has 228 valence electrons. The maximum Gasteiger partial charge on any atom is 0.305 e. The Morgan fingerprint density at radius 3 is 2.34 bits per heavy atom. The molecular formula is C36H40N4O4. The number of carbonyl (C=O) groups excluding carboxylic acids is 2. The van der Waals surface area contributed by atoms with E-state index in [1.165, 1.54) is 7.11 Å². The van der Waals surface area contributed by atoms with Crippen molar-refractivity contribution in [3.63, 3.8) is 0 Å². The van der Waals surface area contributed by atoms with Crippen molar-refractivity contribution in [1.82, 2.24) is 0 Å². The summed E-state index contributed by atoms with van der Waals surface area (Å²) in [7, 11) is 1.40. The Bertz CT molecular complexity index is 1780. The quantitative estimate of drug-likeness (QED) is 0.359. The van der Waals surface area contributed by atoms with E-state index in [1.807, 2.05) is 26.0 Å². The normalized spacial score (nSPS) is 25.2. The lowest BCUT2D eigenvalue weighted by atomic mass is 9.83. The number of ether oxygens (including phenoxy) is 1. The Hall–Kier alpha value is -4.04. The topological polar surface area (TPSA) is 113 Å². The molecule has 5 aliphatic heterocycles. The van der Waals surface area contributed by atoms with Gasteiger partial charge in [-0.3, -0.25) is 14.6 Å². The number of rotatable bonds is 6. The summed E-state index contributed by atoms with van der Waals surface area (Å²) in [5, 5.41) is 10.9. The lowest BCUT2D eigenvalue weighted by Gasteiger charge is -2.19. The second-order valence-corrected chi connectivity index (χ2v) is 12.3. The first-order valence-electron chi connectivity index (χ1n) is 15.7. The molecule has 1 fully saturated rings. The first kappa shape index (κ1) is 30.0. The Morgan fingerprint density at radius 1 is 0.977 bits per heavy atom. The van der Waals surface area contributed by atoms with Crippen LogP contribution in [0.3, 0.4) is 0 Å². The van der Waals surface area contributed by atoms with Crippen LogP contribution in [0.2, 0.25) is 0 Å². The Kier molecular flexibility index (Phi) is 7.60. The van der Waals surface area contributed by atoms with Gasteiger partial charge in [-0.1, -0.05) is 20.8 Å². The zero-order chi connectivity index (χ0) is 31.6. The first-order chi connectivity index (χ1) is 21.0. The molecule has 1 saturated carbocycles. The maximum atomic E-state index is 13.6. The van der Waals surface area contributed by atoms with Crippen LogP contribution < -0.4 is 0 Å². The van der Waals surface area contributed by atoms with E-state index in [2.05, 4.69) is 27.7 Å². The number of aliphatic hydroxyl groups is 1. The molecule has 3 unspecified atom stereocenters. The van der Waals surface area contributed by atoms with Gasteiger partial charge in [0.05, 0.1) is 53.1 Å². The largest absolute Gasteiger partial charge is 0.469 e. The van der Waals surface area contributed by atoms with E-state index in [0.717, 1.165) is 79.6 Å². The fourth-order valence-corrected chi connectivity index (χ4v) is 7.58. The number of aliphatic hydroxyl groups excluding tert-OH is 1. The number of allylic oxidation sites excluding steroid dienone is 10. The second kappa shape index (κ2) is 11.1. The van der Waals surface area contributed by atoms with Crippen molar-refractivity contribution in [2.24, 2.45) is 31.8 Å². The van der Waals surface area contributed by atoms with Crippen LogP contribution in [-0.4, -0.2) is 52.9 Å². The average molecular weight is 593 g/mol. The van der Waals surface area contributed by atoms with Gasteiger partial charge in [0.1, 0.15) is 0 Å². The number of Topliss-reactive ketones (excluding diaryl/α,β-unsaturated/α-hetero) is 1. The van der Waals surface area contributed by atoms with E-state index in [0.29, 0.717) is 29.8 Å². The molecule has 1 aliphatic carbocycles. The number of ketones is 1. The monoisotopic (exact) mass is 592 g/mol. The van der Waals surface area contributed by atoms with Gasteiger partial charge < -0.3 is 9.84 Å². The minimum absolute atomic E-state index is 0.0320. The van der Waals surface area contributed by atoms with Crippen molar-refractivity contribution >= 4 is 34.6 Å². The molecule has 5 heterocycles. The summed E-state index contributed by atoms with van der Waals surface area (Å²) in [6.07, 6.45) is 5.78. The number of methoxy groups -OCH3 is 1. The van der Waals surface area contributed by atoms with E-state index < -0.39 is 6.10 Å². The Morgan fingerprint density at radius 2 is 1.68 bits per heavy atom. The molecule has 0 saturated heterocycles. The average Bonchev–Trinajstić information content (AvgIpc) is 3.75. The number of nitrogens with zero attached hydrogens (tertiary/aromatic N) is 4. The molecule has 0 radical (unpaired) electrons. The summed E-state index contributed by atoms with van der Waals surface area (Å²) in [5.41, 5.74) is 13.6. The summed E-state index contributed by atoms with van der Waals surface area (Å²) >= 11 is 0. The van der Waals surface area contributed by atoms with E-state index in [9.17, 15) is 14.7 Å². The number of aliphatic imine (C=N–C) groups is 4. The molecule has 6 rings (SSSR count). The summed E-state index contributed by atoms with van der Waals surface area (Å²) in [6, 6.07) is 0. The molecular weight excluding hydrogens is 552 g/mol. The molecule has 0 aromatic carbocycles. The molecule has 8 heteroatoms. The van der Waals surface area contributed by atoms with Gasteiger partial charge in [-0.15, -0.1) is 0 Å². The highest BCUT2D eigenvalue weighted by Gasteiger charge is 2.43. The van der Waals surface area contributed by atoms with Gasteiger partial charge in [0.15, 0.2) is 5.78 Å². The van der Waals surface area contributed by atoms with E-state index >= 15 is 0 Å². The Labute approximate surface area is 258 Å². The van der Waals surface area contributed by atoms with Crippen LogP contribution >= 0.6 is 0 Å². The number of fused-ring (bicyclic) bond motifs is 4. The van der Waals surface area contributed by atoms with Gasteiger partial charge in [-0.05, 0) is 87.0 Å². The molecule has 0 aromatic heterocycles. The van der Waals surface area contributed by atoms with Crippen LogP contribution in [-0.2, 0) is 14.3 Å². The molecule has 0 aromatic rings. The van der Waals surface area contributed by atoms with Crippen LogP contribution in [0.5, 0.6) is 0 Å². The van der Waals surface area contributed by atoms with Crippen LogP contribution in [0, 0.1) is 11.8 Å². The van der Waals surface area contributed by atoms with Crippen molar-refractivity contribution < 1.29 is 19.4 Å². The maximum absolute atomic E-state index is 13.6. The van der Waals surface area contributed by atoms with Crippen LogP contribution in [0.15, 0.2) is 99.5 Å². The van der Waals surface area contributed by atoms with Crippen molar-refractivity contribution in [2.75, 3.05) is 7.11 Å². The van der Waals surface area contributed by atoms with Crippen molar-refractivity contribution in [2.45, 2.75) is 86.7 Å². The molecule has 0 spiro atoms. The van der Waals surface area contributed by atoms with Gasteiger partial charge in [0.25, 0.3) is 0 Å². The third-order valence-electron chi connectivity index (χ3n) is 9.87. The number of hydrogen-bond donors (Lipinski definition) is 1. The van der Waals surface area contributed by atoms with Crippen LogP contribution in [0.25, 0.3) is 0 Å². The van der Waals surface area contributed by atoms with Crippen molar-refractivity contribution in [3.8, 4) is 0 Å². The molecule has 44 heavy (non-hydrogen) atoms. The summed E-state index contributed by atoms with van der Waals surface area (Å²) in [5.74, 6) is -0.334. The van der Waals surface area contributed by atoms with Gasteiger partial charge >= 0.3 is 5.97 Å². The predicted octanol–water partition coefficient (Wildman–Crippen LogP) is 6.42. The molecule has 1 N–H and O–H groups in total. The predicted molar refractivity (Wildman–Crippen MR) is 174 cm³/mol. The van der Waals surface area contributed by atoms with Crippen LogP contribution in [0.1, 0.15) is 80.6 Å². The SMILES string of the molecule is CCC1=C(C)C2=CC3=NC(=C(C)C4=NC(=C5CC(=O)C6=C(CC)C(=CC1=N2)N=C56)C(CCC(=O)OC)C4C)C(C)=C3C(C)O. The lowest BCUT2D eigenvalue weighted by Crippen LogP contribution is -2.19. The smallest absolute Gasteiger partial charge is 0.305 e. The summed E-state index contributed by atoms with van der Waals surface area (Å²) in [6.45, 7) is 14.2. The van der Waals surface area contributed by atoms with Gasteiger partial charge in [-0.2, -0.15) is 0 Å². The van der Waals surface area contributed by atoms with Crippen LogP contribution in [0.4, 0.5) is 0 Å². The highest BCUT2D eigenvalue weighted by Crippen LogP contribution is 2.46. The minimum Gasteiger partial charge on any atom is -0.469 e. The number of esters is 1. The van der Waals surface area contributed by atoms with E-state index in [-0.39, 0.29) is 36.4 Å². The molecule has 6 aliphatic rings.